The molecule has 0 aliphatic heterocycles. The summed E-state index contributed by atoms with van der Waals surface area (Å²) in [5.74, 6) is -0.159. The minimum absolute atomic E-state index is 0.0698. The van der Waals surface area contributed by atoms with Crippen LogP contribution in [0.4, 0.5) is 0 Å². The molecule has 1 aromatic rings. The van der Waals surface area contributed by atoms with Gasteiger partial charge in [-0.05, 0) is 30.2 Å². The zero-order valence-corrected chi connectivity index (χ0v) is 12.6. The molecule has 0 fully saturated rings. The fourth-order valence-corrected chi connectivity index (χ4v) is 1.83. The summed E-state index contributed by atoms with van der Waals surface area (Å²) in [7, 11) is 1.58. The SMILES string of the molecule is COCCN(CCO)C(=O)/C=C/c1ccc(C)c(Cl)c1. The first kappa shape index (κ1) is 16.7. The van der Waals surface area contributed by atoms with E-state index in [4.69, 9.17) is 21.4 Å². The maximum atomic E-state index is 12.0. The predicted molar refractivity (Wildman–Crippen MR) is 80.8 cm³/mol. The number of aryl methyl sites for hydroxylation is 1. The lowest BCUT2D eigenvalue weighted by atomic mass is 10.1. The molecule has 0 heterocycles. The average Bonchev–Trinajstić information content (AvgIpc) is 2.44. The molecule has 0 unspecified atom stereocenters. The first-order valence-electron chi connectivity index (χ1n) is 6.41. The molecule has 4 nitrogen and oxygen atoms in total. The smallest absolute Gasteiger partial charge is 0.246 e. The number of methoxy groups -OCH3 is 1. The van der Waals surface area contributed by atoms with Crippen molar-refractivity contribution in [1.29, 1.82) is 0 Å². The molecule has 0 saturated heterocycles. The van der Waals surface area contributed by atoms with Crippen LogP contribution in [0, 0.1) is 6.92 Å². The van der Waals surface area contributed by atoms with E-state index in [1.807, 2.05) is 25.1 Å². The van der Waals surface area contributed by atoms with Crippen LogP contribution >= 0.6 is 11.6 Å². The van der Waals surface area contributed by atoms with Gasteiger partial charge in [0.25, 0.3) is 0 Å². The summed E-state index contributed by atoms with van der Waals surface area (Å²) in [5.41, 5.74) is 1.86. The molecular formula is C15H20ClNO3. The normalized spacial score (nSPS) is 11.0. The number of amides is 1. The second kappa shape index (κ2) is 8.74. The fourth-order valence-electron chi connectivity index (χ4n) is 1.64. The minimum Gasteiger partial charge on any atom is -0.395 e. The topological polar surface area (TPSA) is 49.8 Å². The van der Waals surface area contributed by atoms with Crippen LogP contribution in [-0.4, -0.2) is 49.3 Å². The highest BCUT2D eigenvalue weighted by molar-refractivity contribution is 6.31. The maximum absolute atomic E-state index is 12.0. The number of aliphatic hydroxyl groups is 1. The number of nitrogens with zero attached hydrogens (tertiary/aromatic N) is 1. The second-order valence-corrected chi connectivity index (χ2v) is 4.79. The van der Waals surface area contributed by atoms with Gasteiger partial charge in [-0.15, -0.1) is 0 Å². The number of carbonyl (C=O) groups is 1. The van der Waals surface area contributed by atoms with Crippen molar-refractivity contribution in [1.82, 2.24) is 4.90 Å². The number of rotatable bonds is 7. The number of ether oxygens (including phenoxy) is 1. The van der Waals surface area contributed by atoms with E-state index in [0.29, 0.717) is 24.7 Å². The quantitative estimate of drug-likeness (QED) is 0.784. The Labute approximate surface area is 124 Å². The van der Waals surface area contributed by atoms with E-state index in [2.05, 4.69) is 0 Å². The van der Waals surface area contributed by atoms with E-state index in [-0.39, 0.29) is 12.5 Å². The summed E-state index contributed by atoms with van der Waals surface area (Å²) in [6.07, 6.45) is 3.19. The summed E-state index contributed by atoms with van der Waals surface area (Å²) >= 11 is 6.03. The van der Waals surface area contributed by atoms with Gasteiger partial charge in [0.05, 0.1) is 13.2 Å². The van der Waals surface area contributed by atoms with Crippen LogP contribution < -0.4 is 0 Å². The summed E-state index contributed by atoms with van der Waals surface area (Å²) < 4.78 is 4.94. The number of carbonyl (C=O) groups excluding carboxylic acids is 1. The van der Waals surface area contributed by atoms with Crippen molar-refractivity contribution in [3.05, 3.63) is 40.4 Å². The molecule has 1 aromatic carbocycles. The molecule has 0 bridgehead atoms. The summed E-state index contributed by atoms with van der Waals surface area (Å²) in [6, 6.07) is 5.62. The second-order valence-electron chi connectivity index (χ2n) is 4.38. The summed E-state index contributed by atoms with van der Waals surface area (Å²) in [6.45, 7) is 3.04. The average molecular weight is 298 g/mol. The molecule has 0 saturated carbocycles. The van der Waals surface area contributed by atoms with Crippen LogP contribution in [0.2, 0.25) is 5.02 Å². The highest BCUT2D eigenvalue weighted by Gasteiger charge is 2.09. The lowest BCUT2D eigenvalue weighted by Gasteiger charge is -2.19. The molecule has 1 N–H and O–H groups in total. The Bertz CT molecular complexity index is 474. The molecule has 0 radical (unpaired) electrons. The maximum Gasteiger partial charge on any atom is 0.246 e. The van der Waals surface area contributed by atoms with Crippen molar-refractivity contribution >= 4 is 23.6 Å². The Kier molecular flexibility index (Phi) is 7.30. The Balaban J connectivity index is 2.70. The van der Waals surface area contributed by atoms with Gasteiger partial charge in [-0.2, -0.15) is 0 Å². The lowest BCUT2D eigenvalue weighted by Crippen LogP contribution is -2.34. The molecule has 0 aliphatic rings. The largest absolute Gasteiger partial charge is 0.395 e. The zero-order chi connectivity index (χ0) is 15.0. The molecule has 5 heteroatoms. The van der Waals surface area contributed by atoms with Gasteiger partial charge >= 0.3 is 0 Å². The number of hydrogen-bond donors (Lipinski definition) is 1. The molecule has 1 amide bonds. The Morgan fingerprint density at radius 1 is 1.45 bits per heavy atom. The first-order chi connectivity index (χ1) is 9.58. The molecule has 20 heavy (non-hydrogen) atoms. The third-order valence-electron chi connectivity index (χ3n) is 2.86. The number of hydrogen-bond acceptors (Lipinski definition) is 3. The predicted octanol–water partition coefficient (Wildman–Crippen LogP) is 2.13. The van der Waals surface area contributed by atoms with Gasteiger partial charge in [-0.25, -0.2) is 0 Å². The van der Waals surface area contributed by atoms with Crippen molar-refractivity contribution in [2.75, 3.05) is 33.4 Å². The van der Waals surface area contributed by atoms with E-state index in [1.165, 1.54) is 11.0 Å². The Morgan fingerprint density at radius 2 is 2.20 bits per heavy atom. The molecule has 0 aromatic heterocycles. The highest BCUT2D eigenvalue weighted by Crippen LogP contribution is 2.17. The van der Waals surface area contributed by atoms with Gasteiger partial charge < -0.3 is 14.7 Å². The van der Waals surface area contributed by atoms with Crippen molar-refractivity contribution < 1.29 is 14.6 Å². The van der Waals surface area contributed by atoms with Crippen molar-refractivity contribution in [2.45, 2.75) is 6.92 Å². The van der Waals surface area contributed by atoms with Gasteiger partial charge in [0.2, 0.25) is 5.91 Å². The molecule has 0 aliphatic carbocycles. The molecule has 1 rings (SSSR count). The number of benzene rings is 1. The van der Waals surface area contributed by atoms with Crippen molar-refractivity contribution in [3.63, 3.8) is 0 Å². The van der Waals surface area contributed by atoms with Crippen LogP contribution in [0.15, 0.2) is 24.3 Å². The van der Waals surface area contributed by atoms with E-state index in [1.54, 1.807) is 13.2 Å². The standard InChI is InChI=1S/C15H20ClNO3/c1-12-3-4-13(11-14(12)16)5-6-15(19)17(7-9-18)8-10-20-2/h3-6,11,18H,7-10H2,1-2H3/b6-5+. The summed E-state index contributed by atoms with van der Waals surface area (Å²) in [5, 5.41) is 9.63. The third-order valence-corrected chi connectivity index (χ3v) is 3.27. The van der Waals surface area contributed by atoms with Gasteiger partial charge in [0, 0.05) is 31.3 Å². The monoisotopic (exact) mass is 297 g/mol. The Morgan fingerprint density at radius 3 is 2.80 bits per heavy atom. The van der Waals surface area contributed by atoms with Gasteiger partial charge in [0.15, 0.2) is 0 Å². The van der Waals surface area contributed by atoms with Crippen molar-refractivity contribution in [3.8, 4) is 0 Å². The van der Waals surface area contributed by atoms with E-state index >= 15 is 0 Å². The minimum atomic E-state index is -0.159. The van der Waals surface area contributed by atoms with Crippen LogP contribution in [-0.2, 0) is 9.53 Å². The highest BCUT2D eigenvalue weighted by atomic mass is 35.5. The number of aliphatic hydroxyl groups excluding tert-OH is 1. The van der Waals surface area contributed by atoms with E-state index < -0.39 is 0 Å². The first-order valence-corrected chi connectivity index (χ1v) is 6.79. The molecule has 0 atom stereocenters. The third kappa shape index (κ3) is 5.33. The van der Waals surface area contributed by atoms with E-state index in [9.17, 15) is 4.79 Å². The van der Waals surface area contributed by atoms with Gasteiger partial charge in [-0.3, -0.25) is 4.79 Å². The molecule has 0 spiro atoms. The van der Waals surface area contributed by atoms with Crippen LogP contribution in [0.1, 0.15) is 11.1 Å². The molecular weight excluding hydrogens is 278 g/mol. The zero-order valence-electron chi connectivity index (χ0n) is 11.8. The lowest BCUT2D eigenvalue weighted by molar-refractivity contribution is -0.127. The number of halogens is 1. The van der Waals surface area contributed by atoms with Crippen LogP contribution in [0.3, 0.4) is 0 Å². The van der Waals surface area contributed by atoms with Crippen molar-refractivity contribution in [2.24, 2.45) is 0 Å². The fraction of sp³-hybridized carbons (Fsp3) is 0.400. The van der Waals surface area contributed by atoms with Crippen LogP contribution in [0.25, 0.3) is 6.08 Å². The van der Waals surface area contributed by atoms with E-state index in [0.717, 1.165) is 11.1 Å². The van der Waals surface area contributed by atoms with Gasteiger partial charge in [-0.1, -0.05) is 23.7 Å². The molecule has 110 valence electrons. The van der Waals surface area contributed by atoms with Crippen LogP contribution in [0.5, 0.6) is 0 Å². The summed E-state index contributed by atoms with van der Waals surface area (Å²) in [4.78, 5) is 13.5. The van der Waals surface area contributed by atoms with Gasteiger partial charge in [0.1, 0.15) is 0 Å². The Hall–Kier alpha value is -1.36.